The van der Waals surface area contributed by atoms with Gasteiger partial charge < -0.3 is 24.4 Å². The fourth-order valence-electron chi connectivity index (χ4n) is 4.78. The molecular weight excluding hydrogens is 571 g/mol. The van der Waals surface area contributed by atoms with Crippen molar-refractivity contribution in [3.63, 3.8) is 0 Å². The van der Waals surface area contributed by atoms with E-state index in [0.717, 1.165) is 9.33 Å². The van der Waals surface area contributed by atoms with Gasteiger partial charge in [0.15, 0.2) is 0 Å². The summed E-state index contributed by atoms with van der Waals surface area (Å²) in [5.41, 5.74) is 0.248. The zero-order valence-corrected chi connectivity index (χ0v) is 22.4. The van der Waals surface area contributed by atoms with E-state index in [1.54, 1.807) is 11.8 Å². The van der Waals surface area contributed by atoms with Crippen molar-refractivity contribution in [2.24, 2.45) is 11.8 Å². The highest BCUT2D eigenvalue weighted by atomic mass is 127. The maximum Gasteiger partial charge on any atom is 0.410 e. The first kappa shape index (κ1) is 26.8. The number of thioether (sulfide) groups is 1. The molecule has 10 heteroatoms. The smallest absolute Gasteiger partial charge is 0.410 e. The van der Waals surface area contributed by atoms with E-state index in [9.17, 15) is 19.5 Å². The van der Waals surface area contributed by atoms with Crippen LogP contribution in [0, 0.1) is 11.8 Å². The number of nitrogens with zero attached hydrogens (tertiary/aromatic N) is 2. The Labute approximate surface area is 218 Å². The van der Waals surface area contributed by atoms with Crippen molar-refractivity contribution >= 4 is 52.3 Å². The molecule has 6 atom stereocenters. The molecule has 2 amide bonds. The number of amides is 2. The SMILES string of the molecule is C=CCOC(=O)C1=C(S[C@H]2C[C@@H](/C=C/CI)N(C(=O)OCC=C)C2)[C@H](C)[C@@H]2[C@@H]([C@@H](C)O)C(=O)N12. The number of likely N-dealkylation sites (tertiary alicyclic amines) is 1. The molecule has 2 fully saturated rings. The lowest BCUT2D eigenvalue weighted by atomic mass is 9.79. The number of β-lactam (4-membered cyclic amide) rings is 1. The number of hydrogen-bond acceptors (Lipinski definition) is 7. The van der Waals surface area contributed by atoms with Gasteiger partial charge in [-0.05, 0) is 13.3 Å². The molecule has 0 saturated carbocycles. The summed E-state index contributed by atoms with van der Waals surface area (Å²) in [6, 6.07) is -0.409. The topological polar surface area (TPSA) is 96.4 Å². The first-order valence-corrected chi connectivity index (χ1v) is 13.6. The second kappa shape index (κ2) is 11.8. The quantitative estimate of drug-likeness (QED) is 0.135. The van der Waals surface area contributed by atoms with Crippen LogP contribution in [0.25, 0.3) is 0 Å². The van der Waals surface area contributed by atoms with E-state index in [0.29, 0.717) is 13.0 Å². The zero-order valence-electron chi connectivity index (χ0n) is 19.4. The number of fused-ring (bicyclic) bond motifs is 1. The lowest BCUT2D eigenvalue weighted by Gasteiger charge is -2.46. The third-order valence-electron chi connectivity index (χ3n) is 6.24. The van der Waals surface area contributed by atoms with Gasteiger partial charge in [0.05, 0.1) is 24.1 Å². The van der Waals surface area contributed by atoms with Crippen molar-refractivity contribution in [1.82, 2.24) is 9.80 Å². The van der Waals surface area contributed by atoms with Gasteiger partial charge in [0.1, 0.15) is 18.9 Å². The Morgan fingerprint density at radius 2 is 1.97 bits per heavy atom. The Morgan fingerprint density at radius 1 is 1.29 bits per heavy atom. The highest BCUT2D eigenvalue weighted by molar-refractivity contribution is 14.1. The summed E-state index contributed by atoms with van der Waals surface area (Å²) in [6.45, 7) is 11.4. The molecule has 0 bridgehead atoms. The number of aliphatic hydroxyl groups excluding tert-OH is 1. The summed E-state index contributed by atoms with van der Waals surface area (Å²) in [6.07, 6.45) is 6.50. The van der Waals surface area contributed by atoms with Crippen LogP contribution in [-0.4, -0.2) is 80.5 Å². The van der Waals surface area contributed by atoms with E-state index >= 15 is 0 Å². The normalized spacial score (nSPS) is 29.2. The molecule has 0 aromatic carbocycles. The van der Waals surface area contributed by atoms with Crippen LogP contribution in [0.5, 0.6) is 0 Å². The predicted molar refractivity (Wildman–Crippen MR) is 139 cm³/mol. The van der Waals surface area contributed by atoms with E-state index in [4.69, 9.17) is 9.47 Å². The fourth-order valence-corrected chi connectivity index (χ4v) is 6.61. The Bertz CT molecular complexity index is 904. The Hall–Kier alpha value is -1.79. The Balaban J connectivity index is 1.86. The summed E-state index contributed by atoms with van der Waals surface area (Å²) >= 11 is 3.76. The summed E-state index contributed by atoms with van der Waals surface area (Å²) in [5.74, 6) is -1.53. The molecule has 0 spiro atoms. The van der Waals surface area contributed by atoms with Crippen LogP contribution in [-0.2, 0) is 19.1 Å². The minimum Gasteiger partial charge on any atom is -0.457 e. The van der Waals surface area contributed by atoms with Crippen molar-refractivity contribution in [2.45, 2.75) is 43.7 Å². The molecule has 3 heterocycles. The molecule has 3 rings (SSSR count). The molecule has 0 unspecified atom stereocenters. The summed E-state index contributed by atoms with van der Waals surface area (Å²) in [5, 5.41) is 10.2. The molecule has 8 nitrogen and oxygen atoms in total. The number of carbonyl (C=O) groups is 3. The summed E-state index contributed by atoms with van der Waals surface area (Å²) < 4.78 is 11.4. The molecule has 0 radical (unpaired) electrons. The van der Waals surface area contributed by atoms with Crippen LogP contribution >= 0.6 is 34.4 Å². The molecule has 1 N–H and O–H groups in total. The second-order valence-electron chi connectivity index (χ2n) is 8.50. The van der Waals surface area contributed by atoms with Gasteiger partial charge in [-0.3, -0.25) is 4.79 Å². The molecule has 34 heavy (non-hydrogen) atoms. The van der Waals surface area contributed by atoms with Crippen molar-refractivity contribution in [3.8, 4) is 0 Å². The summed E-state index contributed by atoms with van der Waals surface area (Å²) in [4.78, 5) is 42.3. The number of ether oxygens (including phenoxy) is 2. The van der Waals surface area contributed by atoms with Gasteiger partial charge in [0.25, 0.3) is 0 Å². The van der Waals surface area contributed by atoms with Gasteiger partial charge in [-0.15, -0.1) is 11.8 Å². The van der Waals surface area contributed by atoms with Crippen LogP contribution in [0.1, 0.15) is 20.3 Å². The summed E-state index contributed by atoms with van der Waals surface area (Å²) in [7, 11) is 0. The largest absolute Gasteiger partial charge is 0.457 e. The maximum absolute atomic E-state index is 12.9. The molecule has 0 aromatic heterocycles. The van der Waals surface area contributed by atoms with Crippen molar-refractivity contribution in [1.29, 1.82) is 0 Å². The minimum absolute atomic E-state index is 0.00130. The van der Waals surface area contributed by atoms with Crippen LogP contribution in [0.3, 0.4) is 0 Å². The minimum atomic E-state index is -0.810. The monoisotopic (exact) mass is 602 g/mol. The molecular formula is C24H31IN2O6S. The van der Waals surface area contributed by atoms with Crippen molar-refractivity contribution in [3.05, 3.63) is 48.1 Å². The molecule has 0 aromatic rings. The van der Waals surface area contributed by atoms with E-state index < -0.39 is 24.1 Å². The first-order chi connectivity index (χ1) is 16.3. The number of alkyl halides is 1. The fraction of sp³-hybridized carbons (Fsp3) is 0.542. The molecule has 0 aliphatic carbocycles. The third kappa shape index (κ3) is 5.23. The third-order valence-corrected chi connectivity index (χ3v) is 8.24. The predicted octanol–water partition coefficient (Wildman–Crippen LogP) is 3.27. The highest BCUT2D eigenvalue weighted by Crippen LogP contribution is 2.52. The van der Waals surface area contributed by atoms with Gasteiger partial charge in [-0.2, -0.15) is 0 Å². The number of aliphatic hydroxyl groups is 1. The number of rotatable bonds is 10. The lowest BCUT2D eigenvalue weighted by Crippen LogP contribution is -2.63. The number of allylic oxidation sites excluding steroid dienone is 1. The number of halogens is 1. The van der Waals surface area contributed by atoms with Gasteiger partial charge in [-0.25, -0.2) is 9.59 Å². The van der Waals surface area contributed by atoms with Crippen LogP contribution in [0.2, 0.25) is 0 Å². The molecule has 2 saturated heterocycles. The maximum atomic E-state index is 12.9. The van der Waals surface area contributed by atoms with Gasteiger partial charge in [-0.1, -0.05) is 67.0 Å². The van der Waals surface area contributed by atoms with Gasteiger partial charge in [0, 0.05) is 27.0 Å². The molecule has 3 aliphatic rings. The van der Waals surface area contributed by atoms with E-state index in [2.05, 4.69) is 35.7 Å². The Kier molecular flexibility index (Phi) is 9.27. The zero-order chi connectivity index (χ0) is 25.0. The van der Waals surface area contributed by atoms with E-state index in [-0.39, 0.29) is 48.1 Å². The van der Waals surface area contributed by atoms with Crippen LogP contribution in [0.15, 0.2) is 48.1 Å². The standard InChI is InChI=1S/C24H31IN2O6S/c1-5-10-32-23(30)20-21(14(3)19-18(15(4)28)22(29)27(19)20)34-17-12-16(8-7-9-25)26(13-17)24(31)33-11-6-2/h5-8,14-19,28H,1-2,9-13H2,3-4H3/b8-7+/t14-,15-,16-,17+,18-,19-/m1/s1. The highest BCUT2D eigenvalue weighted by Gasteiger charge is 2.60. The number of hydrogen-bond donors (Lipinski definition) is 1. The van der Waals surface area contributed by atoms with Crippen LogP contribution in [0.4, 0.5) is 4.79 Å². The van der Waals surface area contributed by atoms with Crippen LogP contribution < -0.4 is 0 Å². The first-order valence-electron chi connectivity index (χ1n) is 11.2. The van der Waals surface area contributed by atoms with E-state index in [1.807, 2.05) is 19.1 Å². The molecule has 3 aliphatic heterocycles. The average molecular weight is 602 g/mol. The van der Waals surface area contributed by atoms with Crippen molar-refractivity contribution in [2.75, 3.05) is 24.2 Å². The van der Waals surface area contributed by atoms with Gasteiger partial charge in [0.2, 0.25) is 5.91 Å². The molecule has 186 valence electrons. The Morgan fingerprint density at radius 3 is 2.59 bits per heavy atom. The van der Waals surface area contributed by atoms with Crippen molar-refractivity contribution < 1.29 is 29.0 Å². The number of esters is 1. The van der Waals surface area contributed by atoms with Gasteiger partial charge >= 0.3 is 12.1 Å². The lowest BCUT2D eigenvalue weighted by molar-refractivity contribution is -0.164. The van der Waals surface area contributed by atoms with E-state index in [1.165, 1.54) is 28.8 Å². The average Bonchev–Trinajstić information content (AvgIpc) is 3.31. The number of carbonyl (C=O) groups excluding carboxylic acids is 3. The second-order valence-corrected chi connectivity index (χ2v) is 10.7.